The van der Waals surface area contributed by atoms with E-state index >= 15 is 0 Å². The van der Waals surface area contributed by atoms with Gasteiger partial charge in [-0.2, -0.15) is 0 Å². The summed E-state index contributed by atoms with van der Waals surface area (Å²) in [6.07, 6.45) is 0. The lowest BCUT2D eigenvalue weighted by Crippen LogP contribution is -2.21. The zero-order chi connectivity index (χ0) is 12.3. The van der Waals surface area contributed by atoms with E-state index in [1.165, 1.54) is 4.70 Å². The molecule has 17 heavy (non-hydrogen) atoms. The van der Waals surface area contributed by atoms with E-state index in [1.807, 2.05) is 13.8 Å². The van der Waals surface area contributed by atoms with Crippen LogP contribution in [-0.4, -0.2) is 24.2 Å². The van der Waals surface area contributed by atoms with Gasteiger partial charge in [-0.1, -0.05) is 0 Å². The van der Waals surface area contributed by atoms with Crippen molar-refractivity contribution >= 4 is 27.2 Å². The summed E-state index contributed by atoms with van der Waals surface area (Å²) in [5, 5.41) is 4.54. The molecule has 1 heterocycles. The lowest BCUT2D eigenvalue weighted by atomic mass is 10.2. The molecule has 0 amide bonds. The summed E-state index contributed by atoms with van der Waals surface area (Å²) in [5.74, 6) is 0. The normalized spacial score (nSPS) is 12.9. The van der Waals surface area contributed by atoms with Gasteiger partial charge in [-0.25, -0.2) is 4.98 Å². The minimum Gasteiger partial charge on any atom is -0.380 e. The first-order valence-corrected chi connectivity index (χ1v) is 6.72. The van der Waals surface area contributed by atoms with E-state index in [9.17, 15) is 0 Å². The predicted molar refractivity (Wildman–Crippen MR) is 73.9 cm³/mol. The highest BCUT2D eigenvalue weighted by Gasteiger charge is 2.04. The first-order chi connectivity index (χ1) is 8.19. The number of aryl methyl sites for hydroxylation is 1. The summed E-state index contributed by atoms with van der Waals surface area (Å²) in [4.78, 5) is 4.45. The number of aromatic nitrogens is 1. The van der Waals surface area contributed by atoms with Crippen LogP contribution in [0, 0.1) is 6.92 Å². The van der Waals surface area contributed by atoms with E-state index in [4.69, 9.17) is 4.74 Å². The summed E-state index contributed by atoms with van der Waals surface area (Å²) < 4.78 is 6.62. The Morgan fingerprint density at radius 2 is 2.29 bits per heavy atom. The fourth-order valence-electron chi connectivity index (χ4n) is 1.75. The molecule has 1 aromatic heterocycles. The van der Waals surface area contributed by atoms with Gasteiger partial charge in [0.05, 0.1) is 21.8 Å². The number of hydrogen-bond acceptors (Lipinski definition) is 4. The highest BCUT2D eigenvalue weighted by atomic mass is 32.1. The summed E-state index contributed by atoms with van der Waals surface area (Å²) >= 11 is 1.73. The third kappa shape index (κ3) is 3.17. The summed E-state index contributed by atoms with van der Waals surface area (Å²) in [7, 11) is 0. The van der Waals surface area contributed by atoms with Crippen LogP contribution in [-0.2, 0) is 4.74 Å². The van der Waals surface area contributed by atoms with Crippen LogP contribution in [0.25, 0.3) is 10.2 Å². The molecule has 0 bridgehead atoms. The summed E-state index contributed by atoms with van der Waals surface area (Å²) in [6.45, 7) is 7.67. The molecule has 1 N–H and O–H groups in total. The van der Waals surface area contributed by atoms with E-state index in [1.54, 1.807) is 11.3 Å². The molecule has 0 fully saturated rings. The van der Waals surface area contributed by atoms with Crippen molar-refractivity contribution in [3.63, 3.8) is 0 Å². The van der Waals surface area contributed by atoms with Gasteiger partial charge in [0.2, 0.25) is 0 Å². The van der Waals surface area contributed by atoms with Crippen LogP contribution in [0.15, 0.2) is 18.2 Å². The quantitative estimate of drug-likeness (QED) is 0.882. The van der Waals surface area contributed by atoms with Crippen LogP contribution in [0.3, 0.4) is 0 Å². The smallest absolute Gasteiger partial charge is 0.0907 e. The minimum absolute atomic E-state index is 0.321. The van der Waals surface area contributed by atoms with Gasteiger partial charge in [-0.05, 0) is 39.0 Å². The molecule has 4 heteroatoms. The number of fused-ring (bicyclic) bond motifs is 1. The van der Waals surface area contributed by atoms with Gasteiger partial charge < -0.3 is 10.1 Å². The average Bonchev–Trinajstić information content (AvgIpc) is 2.65. The van der Waals surface area contributed by atoms with Crippen LogP contribution < -0.4 is 5.32 Å². The van der Waals surface area contributed by atoms with Crippen molar-refractivity contribution < 1.29 is 4.74 Å². The molecule has 2 aromatic rings. The van der Waals surface area contributed by atoms with Crippen LogP contribution in [0.5, 0.6) is 0 Å². The van der Waals surface area contributed by atoms with Gasteiger partial charge in [0.25, 0.3) is 0 Å². The van der Waals surface area contributed by atoms with Gasteiger partial charge in [-0.15, -0.1) is 11.3 Å². The zero-order valence-electron chi connectivity index (χ0n) is 10.5. The number of benzene rings is 1. The van der Waals surface area contributed by atoms with E-state index < -0.39 is 0 Å². The van der Waals surface area contributed by atoms with E-state index in [2.05, 4.69) is 35.4 Å². The van der Waals surface area contributed by atoms with Gasteiger partial charge in [-0.3, -0.25) is 0 Å². The lowest BCUT2D eigenvalue weighted by molar-refractivity contribution is 0.141. The summed E-state index contributed by atoms with van der Waals surface area (Å²) in [5.41, 5.74) is 2.21. The average molecular weight is 250 g/mol. The molecule has 0 aliphatic carbocycles. The Balaban J connectivity index is 2.08. The first kappa shape index (κ1) is 12.3. The topological polar surface area (TPSA) is 34.1 Å². The highest BCUT2D eigenvalue weighted by Crippen LogP contribution is 2.24. The molecule has 1 aromatic carbocycles. The molecule has 0 aliphatic rings. The molecule has 1 atom stereocenters. The number of anilines is 1. The fourth-order valence-corrected chi connectivity index (χ4v) is 2.62. The molecule has 92 valence electrons. The zero-order valence-corrected chi connectivity index (χ0v) is 11.3. The molecule has 2 rings (SSSR count). The van der Waals surface area contributed by atoms with Crippen molar-refractivity contribution in [2.45, 2.75) is 26.8 Å². The third-order valence-electron chi connectivity index (χ3n) is 2.48. The number of thiazole rings is 1. The maximum Gasteiger partial charge on any atom is 0.0907 e. The maximum absolute atomic E-state index is 5.39. The number of rotatable bonds is 5. The second-order valence-electron chi connectivity index (χ2n) is 4.12. The molecule has 0 radical (unpaired) electrons. The Labute approximate surface area is 106 Å². The lowest BCUT2D eigenvalue weighted by Gasteiger charge is -2.14. The Morgan fingerprint density at radius 1 is 1.47 bits per heavy atom. The second kappa shape index (κ2) is 5.47. The fraction of sp³-hybridized carbons (Fsp3) is 0.462. The molecule has 0 saturated carbocycles. The van der Waals surface area contributed by atoms with Gasteiger partial charge in [0, 0.05) is 18.3 Å². The Kier molecular flexibility index (Phi) is 3.97. The monoisotopic (exact) mass is 250 g/mol. The van der Waals surface area contributed by atoms with Crippen LogP contribution in [0.4, 0.5) is 5.69 Å². The van der Waals surface area contributed by atoms with Crippen molar-refractivity contribution in [1.82, 2.24) is 4.98 Å². The van der Waals surface area contributed by atoms with Crippen molar-refractivity contribution in [2.24, 2.45) is 0 Å². The Morgan fingerprint density at radius 3 is 3.06 bits per heavy atom. The predicted octanol–water partition coefficient (Wildman–Crippen LogP) is 3.44. The molecular weight excluding hydrogens is 232 g/mol. The van der Waals surface area contributed by atoms with Gasteiger partial charge in [0.1, 0.15) is 0 Å². The standard InChI is InChI=1S/C13H18N2OS/c1-4-16-8-9(2)14-11-5-6-12-13(7-11)17-10(3)15-12/h5-7,9,14H,4,8H2,1-3H3. The summed E-state index contributed by atoms with van der Waals surface area (Å²) in [6, 6.07) is 6.61. The van der Waals surface area contributed by atoms with E-state index in [0.717, 1.165) is 29.4 Å². The molecule has 3 nitrogen and oxygen atoms in total. The largest absolute Gasteiger partial charge is 0.380 e. The highest BCUT2D eigenvalue weighted by molar-refractivity contribution is 7.18. The molecule has 0 spiro atoms. The molecular formula is C13H18N2OS. The maximum atomic E-state index is 5.39. The van der Waals surface area contributed by atoms with Crippen LogP contribution >= 0.6 is 11.3 Å². The molecule has 0 aliphatic heterocycles. The number of hydrogen-bond donors (Lipinski definition) is 1. The van der Waals surface area contributed by atoms with Crippen molar-refractivity contribution in [1.29, 1.82) is 0 Å². The third-order valence-corrected chi connectivity index (χ3v) is 3.41. The van der Waals surface area contributed by atoms with Crippen molar-refractivity contribution in [3.8, 4) is 0 Å². The number of nitrogens with zero attached hydrogens (tertiary/aromatic N) is 1. The molecule has 1 unspecified atom stereocenters. The number of nitrogens with one attached hydrogen (secondary N) is 1. The van der Waals surface area contributed by atoms with Crippen LogP contribution in [0.1, 0.15) is 18.9 Å². The van der Waals surface area contributed by atoms with Gasteiger partial charge in [0.15, 0.2) is 0 Å². The SMILES string of the molecule is CCOCC(C)Nc1ccc2nc(C)sc2c1. The van der Waals surface area contributed by atoms with Crippen molar-refractivity contribution in [2.75, 3.05) is 18.5 Å². The first-order valence-electron chi connectivity index (χ1n) is 5.90. The van der Waals surface area contributed by atoms with E-state index in [0.29, 0.717) is 6.04 Å². The second-order valence-corrected chi connectivity index (χ2v) is 5.36. The Hall–Kier alpha value is -1.13. The van der Waals surface area contributed by atoms with Crippen molar-refractivity contribution in [3.05, 3.63) is 23.2 Å². The van der Waals surface area contributed by atoms with E-state index in [-0.39, 0.29) is 0 Å². The van der Waals surface area contributed by atoms with Crippen LogP contribution in [0.2, 0.25) is 0 Å². The number of ether oxygens (including phenoxy) is 1. The Bertz CT molecular complexity index is 495. The van der Waals surface area contributed by atoms with Gasteiger partial charge >= 0.3 is 0 Å². The molecule has 0 saturated heterocycles. The minimum atomic E-state index is 0.321.